The number of aromatic nitrogens is 1. The van der Waals surface area contributed by atoms with E-state index in [1.54, 1.807) is 14.2 Å². The van der Waals surface area contributed by atoms with Crippen LogP contribution >= 0.6 is 0 Å². The maximum absolute atomic E-state index is 5.45. The van der Waals surface area contributed by atoms with Crippen molar-refractivity contribution >= 4 is 10.9 Å². The fourth-order valence-electron chi connectivity index (χ4n) is 3.35. The maximum Gasteiger partial charge on any atom is 0.123 e. The molecule has 26 heavy (non-hydrogen) atoms. The zero-order valence-electron chi connectivity index (χ0n) is 15.0. The third-order valence-corrected chi connectivity index (χ3v) is 4.65. The van der Waals surface area contributed by atoms with Crippen molar-refractivity contribution in [2.45, 2.75) is 6.54 Å². The van der Waals surface area contributed by atoms with E-state index in [1.165, 1.54) is 22.0 Å². The smallest absolute Gasteiger partial charge is 0.123 e. The van der Waals surface area contributed by atoms with Gasteiger partial charge in [-0.1, -0.05) is 48.5 Å². The van der Waals surface area contributed by atoms with Crippen LogP contribution in [0, 0.1) is 0 Å². The Morgan fingerprint density at radius 3 is 2.12 bits per heavy atom. The molecule has 3 nitrogen and oxygen atoms in total. The minimum absolute atomic E-state index is 0.791. The first kappa shape index (κ1) is 16.3. The van der Waals surface area contributed by atoms with Crippen molar-refractivity contribution < 1.29 is 9.47 Å². The average Bonchev–Trinajstić information content (AvgIpc) is 3.07. The Bertz CT molecular complexity index is 1010. The van der Waals surface area contributed by atoms with Crippen LogP contribution < -0.4 is 9.47 Å². The van der Waals surface area contributed by atoms with Gasteiger partial charge in [0, 0.05) is 35.3 Å². The van der Waals surface area contributed by atoms with Crippen LogP contribution in [0.2, 0.25) is 0 Å². The molecule has 3 heteroatoms. The summed E-state index contributed by atoms with van der Waals surface area (Å²) in [7, 11) is 3.36. The fourth-order valence-corrected chi connectivity index (χ4v) is 3.35. The number of hydrogen-bond donors (Lipinski definition) is 0. The van der Waals surface area contributed by atoms with E-state index in [4.69, 9.17) is 9.47 Å². The van der Waals surface area contributed by atoms with Crippen molar-refractivity contribution in [3.63, 3.8) is 0 Å². The van der Waals surface area contributed by atoms with E-state index in [0.717, 1.165) is 23.6 Å². The molecule has 0 aliphatic carbocycles. The van der Waals surface area contributed by atoms with Gasteiger partial charge in [-0.15, -0.1) is 0 Å². The average molecular weight is 343 g/mol. The van der Waals surface area contributed by atoms with Crippen LogP contribution in [0.15, 0.2) is 79.0 Å². The summed E-state index contributed by atoms with van der Waals surface area (Å²) in [5.74, 6) is 1.58. The highest BCUT2D eigenvalue weighted by molar-refractivity contribution is 5.96. The quantitative estimate of drug-likeness (QED) is 0.486. The first-order valence-electron chi connectivity index (χ1n) is 8.64. The maximum atomic E-state index is 5.45. The number of para-hydroxylation sites is 1. The Hall–Kier alpha value is -3.20. The summed E-state index contributed by atoms with van der Waals surface area (Å²) in [5.41, 5.74) is 4.76. The lowest BCUT2D eigenvalue weighted by molar-refractivity contribution is 0.394. The lowest BCUT2D eigenvalue weighted by Crippen LogP contribution is -1.97. The Morgan fingerprint density at radius 1 is 0.769 bits per heavy atom. The molecule has 0 amide bonds. The molecule has 0 aliphatic heterocycles. The molecule has 0 atom stereocenters. The summed E-state index contributed by atoms with van der Waals surface area (Å²) in [6, 6.07) is 25.0. The Kier molecular flexibility index (Phi) is 4.36. The molecule has 0 radical (unpaired) electrons. The first-order valence-corrected chi connectivity index (χ1v) is 8.64. The van der Waals surface area contributed by atoms with Crippen LogP contribution in [-0.4, -0.2) is 18.8 Å². The molecule has 1 aromatic heterocycles. The predicted octanol–water partition coefficient (Wildman–Crippen LogP) is 5.37. The van der Waals surface area contributed by atoms with Gasteiger partial charge in [-0.05, 0) is 29.3 Å². The standard InChI is InChI=1S/C23H21NO2/c1-25-19-12-18(13-20(14-19)26-2)22-16-24(15-17-8-4-3-5-9-17)23-11-7-6-10-21(22)23/h3-14,16H,15H2,1-2H3. The van der Waals surface area contributed by atoms with Crippen molar-refractivity contribution in [3.05, 3.63) is 84.6 Å². The summed E-state index contributed by atoms with van der Waals surface area (Å²) in [6.07, 6.45) is 2.21. The summed E-state index contributed by atoms with van der Waals surface area (Å²) in [4.78, 5) is 0. The lowest BCUT2D eigenvalue weighted by atomic mass is 10.0. The molecule has 0 aliphatic rings. The second kappa shape index (κ2) is 6.96. The zero-order valence-corrected chi connectivity index (χ0v) is 15.0. The highest BCUT2D eigenvalue weighted by atomic mass is 16.5. The molecule has 0 unspecified atom stereocenters. The Labute approximate surface area is 153 Å². The van der Waals surface area contributed by atoms with Gasteiger partial charge in [0.1, 0.15) is 11.5 Å². The lowest BCUT2D eigenvalue weighted by Gasteiger charge is -2.08. The largest absolute Gasteiger partial charge is 0.497 e. The minimum atomic E-state index is 0.791. The molecule has 0 fully saturated rings. The predicted molar refractivity (Wildman–Crippen MR) is 106 cm³/mol. The van der Waals surface area contributed by atoms with Gasteiger partial charge in [-0.2, -0.15) is 0 Å². The number of benzene rings is 3. The van der Waals surface area contributed by atoms with Gasteiger partial charge in [0.2, 0.25) is 0 Å². The van der Waals surface area contributed by atoms with Gasteiger partial charge in [-0.25, -0.2) is 0 Å². The summed E-state index contributed by atoms with van der Waals surface area (Å²) < 4.78 is 13.2. The third kappa shape index (κ3) is 3.04. The number of fused-ring (bicyclic) bond motifs is 1. The van der Waals surface area contributed by atoms with Crippen LogP contribution in [0.5, 0.6) is 11.5 Å². The van der Waals surface area contributed by atoms with Crippen molar-refractivity contribution in [3.8, 4) is 22.6 Å². The van der Waals surface area contributed by atoms with E-state index < -0.39 is 0 Å². The summed E-state index contributed by atoms with van der Waals surface area (Å²) in [6.45, 7) is 0.836. The number of hydrogen-bond acceptors (Lipinski definition) is 2. The molecule has 130 valence electrons. The van der Waals surface area contributed by atoms with Gasteiger partial charge in [-0.3, -0.25) is 0 Å². The second-order valence-corrected chi connectivity index (χ2v) is 6.27. The zero-order chi connectivity index (χ0) is 17.9. The molecule has 3 aromatic carbocycles. The van der Waals surface area contributed by atoms with Crippen LogP contribution in [-0.2, 0) is 6.54 Å². The monoisotopic (exact) mass is 343 g/mol. The van der Waals surface area contributed by atoms with Crippen LogP contribution in [0.1, 0.15) is 5.56 Å². The fraction of sp³-hybridized carbons (Fsp3) is 0.130. The highest BCUT2D eigenvalue weighted by Gasteiger charge is 2.12. The third-order valence-electron chi connectivity index (χ3n) is 4.65. The van der Waals surface area contributed by atoms with E-state index in [1.807, 2.05) is 12.1 Å². The molecule has 1 heterocycles. The molecule has 0 saturated carbocycles. The molecule has 0 N–H and O–H groups in total. The van der Waals surface area contributed by atoms with Crippen LogP contribution in [0.25, 0.3) is 22.0 Å². The normalized spacial score (nSPS) is 10.8. The molecule has 0 bridgehead atoms. The Balaban J connectivity index is 1.86. The van der Waals surface area contributed by atoms with Crippen molar-refractivity contribution in [1.82, 2.24) is 4.57 Å². The van der Waals surface area contributed by atoms with E-state index in [9.17, 15) is 0 Å². The van der Waals surface area contributed by atoms with Crippen molar-refractivity contribution in [1.29, 1.82) is 0 Å². The van der Waals surface area contributed by atoms with E-state index in [0.29, 0.717) is 0 Å². The van der Waals surface area contributed by atoms with Crippen molar-refractivity contribution in [2.75, 3.05) is 14.2 Å². The van der Waals surface area contributed by atoms with Gasteiger partial charge >= 0.3 is 0 Å². The molecule has 4 aromatic rings. The highest BCUT2D eigenvalue weighted by Crippen LogP contribution is 2.35. The van der Waals surface area contributed by atoms with E-state index in [-0.39, 0.29) is 0 Å². The van der Waals surface area contributed by atoms with Crippen molar-refractivity contribution in [2.24, 2.45) is 0 Å². The van der Waals surface area contributed by atoms with Gasteiger partial charge in [0.05, 0.1) is 14.2 Å². The minimum Gasteiger partial charge on any atom is -0.497 e. The first-order chi connectivity index (χ1) is 12.8. The van der Waals surface area contributed by atoms with Gasteiger partial charge < -0.3 is 14.0 Å². The number of ether oxygens (including phenoxy) is 2. The number of methoxy groups -OCH3 is 2. The number of nitrogens with zero attached hydrogens (tertiary/aromatic N) is 1. The second-order valence-electron chi connectivity index (χ2n) is 6.27. The van der Waals surface area contributed by atoms with E-state index in [2.05, 4.69) is 71.4 Å². The van der Waals surface area contributed by atoms with E-state index >= 15 is 0 Å². The topological polar surface area (TPSA) is 23.4 Å². The molecular weight excluding hydrogens is 322 g/mol. The Morgan fingerprint density at radius 2 is 1.42 bits per heavy atom. The summed E-state index contributed by atoms with van der Waals surface area (Å²) >= 11 is 0. The van der Waals surface area contributed by atoms with Gasteiger partial charge in [0.25, 0.3) is 0 Å². The van der Waals surface area contributed by atoms with Crippen LogP contribution in [0.4, 0.5) is 0 Å². The van der Waals surface area contributed by atoms with Crippen LogP contribution in [0.3, 0.4) is 0 Å². The molecular formula is C23H21NO2. The molecule has 0 spiro atoms. The SMILES string of the molecule is COc1cc(OC)cc(-c2cn(Cc3ccccc3)c3ccccc23)c1. The van der Waals surface area contributed by atoms with Gasteiger partial charge in [0.15, 0.2) is 0 Å². The number of rotatable bonds is 5. The molecule has 0 saturated heterocycles. The summed E-state index contributed by atoms with van der Waals surface area (Å²) in [5, 5.41) is 1.22. The molecule has 4 rings (SSSR count).